The van der Waals surface area contributed by atoms with Crippen LogP contribution < -0.4 is 4.52 Å². The molecule has 0 bridgehead atoms. The van der Waals surface area contributed by atoms with Crippen molar-refractivity contribution < 1.29 is 26.8 Å². The van der Waals surface area contributed by atoms with Crippen LogP contribution in [-0.2, 0) is 9.09 Å². The summed E-state index contributed by atoms with van der Waals surface area (Å²) in [5.74, 6) is 0.183. The van der Waals surface area contributed by atoms with E-state index < -0.39 is 19.9 Å². The largest absolute Gasteiger partial charge is 0.425 e. The third kappa shape index (κ3) is 4.61. The van der Waals surface area contributed by atoms with Crippen LogP contribution in [0.4, 0.5) is 13.2 Å². The third-order valence-electron chi connectivity index (χ3n) is 2.71. The first-order valence-corrected chi connectivity index (χ1v) is 8.39. The lowest BCUT2D eigenvalue weighted by molar-refractivity contribution is -0.199. The van der Waals surface area contributed by atoms with E-state index in [1.807, 2.05) is 0 Å². The highest BCUT2D eigenvalue weighted by molar-refractivity contribution is 7.53. The Bertz CT molecular complexity index is 644. The molecule has 2 aromatic carbocycles. The van der Waals surface area contributed by atoms with E-state index in [0.29, 0.717) is 0 Å². The first-order valence-electron chi connectivity index (χ1n) is 6.40. The Balaban J connectivity index is 2.21. The molecule has 2 aromatic rings. The topological polar surface area (TPSA) is 35.5 Å². The second-order valence-electron chi connectivity index (χ2n) is 4.61. The van der Waals surface area contributed by atoms with Gasteiger partial charge in [0.25, 0.3) is 0 Å². The monoisotopic (exact) mass is 330 g/mol. The van der Waals surface area contributed by atoms with Crippen molar-refractivity contribution in [2.45, 2.75) is 12.3 Å². The number of benzene rings is 2. The van der Waals surface area contributed by atoms with Crippen LogP contribution in [-0.4, -0.2) is 12.8 Å². The van der Waals surface area contributed by atoms with Gasteiger partial charge >= 0.3 is 13.8 Å². The molecule has 0 aromatic heterocycles. The molecule has 0 unspecified atom stereocenters. The quantitative estimate of drug-likeness (QED) is 0.706. The fourth-order valence-electron chi connectivity index (χ4n) is 1.82. The van der Waals surface area contributed by atoms with E-state index in [0.717, 1.165) is 6.66 Å². The van der Waals surface area contributed by atoms with E-state index in [1.54, 1.807) is 24.3 Å². The zero-order chi connectivity index (χ0) is 16.2. The lowest BCUT2D eigenvalue weighted by atomic mass is 10.1. The molecule has 0 aliphatic rings. The summed E-state index contributed by atoms with van der Waals surface area (Å²) < 4.78 is 61.7. The summed E-state index contributed by atoms with van der Waals surface area (Å²) in [6, 6.07) is 14.9. The second kappa shape index (κ2) is 6.55. The van der Waals surface area contributed by atoms with E-state index in [4.69, 9.17) is 9.05 Å². The Morgan fingerprint density at radius 1 is 0.955 bits per heavy atom. The maximum absolute atomic E-state index is 13.2. The Kier molecular flexibility index (Phi) is 4.94. The number of hydrogen-bond acceptors (Lipinski definition) is 3. The van der Waals surface area contributed by atoms with Crippen molar-refractivity contribution in [1.29, 1.82) is 0 Å². The predicted molar refractivity (Wildman–Crippen MR) is 76.9 cm³/mol. The lowest BCUT2D eigenvalue weighted by Gasteiger charge is -2.24. The summed E-state index contributed by atoms with van der Waals surface area (Å²) in [4.78, 5) is 0. The van der Waals surface area contributed by atoms with E-state index in [-0.39, 0.29) is 11.3 Å². The van der Waals surface area contributed by atoms with Crippen molar-refractivity contribution in [3.8, 4) is 5.75 Å². The molecule has 7 heteroatoms. The third-order valence-corrected chi connectivity index (χ3v) is 3.85. The number of alkyl halides is 3. The van der Waals surface area contributed by atoms with Crippen molar-refractivity contribution in [3.05, 3.63) is 66.2 Å². The van der Waals surface area contributed by atoms with Gasteiger partial charge in [0.1, 0.15) is 5.75 Å². The summed E-state index contributed by atoms with van der Waals surface area (Å²) >= 11 is 0. The Morgan fingerprint density at radius 2 is 1.45 bits per heavy atom. The van der Waals surface area contributed by atoms with Crippen LogP contribution in [0, 0.1) is 0 Å². The zero-order valence-electron chi connectivity index (χ0n) is 11.7. The SMILES string of the molecule is C[P@@](=O)(Oc1ccccc1)O[C@H](c1ccccc1)C(F)(F)F. The first-order chi connectivity index (χ1) is 10.3. The average Bonchev–Trinajstić information content (AvgIpc) is 2.45. The van der Waals surface area contributed by atoms with Crippen LogP contribution in [0.2, 0.25) is 0 Å². The van der Waals surface area contributed by atoms with Gasteiger partial charge in [-0.25, -0.2) is 4.57 Å². The Hall–Kier alpha value is -1.78. The van der Waals surface area contributed by atoms with Gasteiger partial charge in [-0.1, -0.05) is 48.5 Å². The molecule has 3 nitrogen and oxygen atoms in total. The van der Waals surface area contributed by atoms with Gasteiger partial charge in [-0.15, -0.1) is 0 Å². The van der Waals surface area contributed by atoms with E-state index in [1.165, 1.54) is 36.4 Å². The molecule has 0 N–H and O–H groups in total. The molecule has 2 rings (SSSR count). The van der Waals surface area contributed by atoms with Crippen molar-refractivity contribution in [1.82, 2.24) is 0 Å². The molecular formula is C15H14F3O3P. The molecular weight excluding hydrogens is 316 g/mol. The summed E-state index contributed by atoms with van der Waals surface area (Å²) in [7, 11) is -3.95. The standard InChI is InChI=1S/C15H14F3O3P/c1-22(19,20-13-10-6-3-7-11-13)21-14(15(16,17)18)12-8-4-2-5-9-12/h2-11,14H,1H3/t14-,22-/m1/s1. The molecule has 0 amide bonds. The van der Waals surface area contributed by atoms with Gasteiger partial charge < -0.3 is 4.52 Å². The number of halogens is 3. The fraction of sp³-hybridized carbons (Fsp3) is 0.200. The Labute approximate surface area is 126 Å². The molecule has 0 fully saturated rings. The van der Waals surface area contributed by atoms with E-state index >= 15 is 0 Å². The van der Waals surface area contributed by atoms with Crippen LogP contribution in [0.1, 0.15) is 11.7 Å². The minimum absolute atomic E-state index is 0.131. The summed E-state index contributed by atoms with van der Waals surface area (Å²) in [6.07, 6.45) is -7.01. The molecule has 2 atom stereocenters. The maximum atomic E-state index is 13.2. The van der Waals surface area contributed by atoms with Crippen molar-refractivity contribution in [3.63, 3.8) is 0 Å². The van der Waals surface area contributed by atoms with Gasteiger partial charge in [-0.05, 0) is 17.7 Å². The van der Waals surface area contributed by atoms with E-state index in [2.05, 4.69) is 0 Å². The number of hydrogen-bond donors (Lipinski definition) is 0. The summed E-state index contributed by atoms with van der Waals surface area (Å²) in [5, 5.41) is 0. The van der Waals surface area contributed by atoms with Gasteiger partial charge in [0.05, 0.1) is 0 Å². The fourth-order valence-corrected chi connectivity index (χ4v) is 3.00. The molecule has 0 heterocycles. The maximum Gasteiger partial charge on any atom is 0.419 e. The van der Waals surface area contributed by atoms with E-state index in [9.17, 15) is 17.7 Å². The minimum atomic E-state index is -4.70. The molecule has 0 saturated heterocycles. The lowest BCUT2D eigenvalue weighted by Crippen LogP contribution is -2.23. The van der Waals surface area contributed by atoms with Gasteiger partial charge in [-0.2, -0.15) is 13.2 Å². The van der Waals surface area contributed by atoms with Crippen LogP contribution in [0.15, 0.2) is 60.7 Å². The highest BCUT2D eigenvalue weighted by Gasteiger charge is 2.45. The molecule has 22 heavy (non-hydrogen) atoms. The van der Waals surface area contributed by atoms with Crippen LogP contribution >= 0.6 is 7.60 Å². The number of para-hydroxylation sites is 1. The molecule has 0 spiro atoms. The van der Waals surface area contributed by atoms with Gasteiger partial charge in [0, 0.05) is 6.66 Å². The number of rotatable bonds is 5. The van der Waals surface area contributed by atoms with Crippen molar-refractivity contribution in [2.24, 2.45) is 0 Å². The van der Waals surface area contributed by atoms with Crippen molar-refractivity contribution in [2.75, 3.05) is 6.66 Å². The minimum Gasteiger partial charge on any atom is -0.425 e. The molecule has 0 aliphatic heterocycles. The smallest absolute Gasteiger partial charge is 0.419 e. The highest BCUT2D eigenvalue weighted by atomic mass is 31.2. The van der Waals surface area contributed by atoms with Gasteiger partial charge in [0.15, 0.2) is 6.10 Å². The van der Waals surface area contributed by atoms with Crippen molar-refractivity contribution >= 4 is 7.60 Å². The van der Waals surface area contributed by atoms with Gasteiger partial charge in [-0.3, -0.25) is 4.52 Å². The first kappa shape index (κ1) is 16.6. The molecule has 0 aliphatic carbocycles. The highest BCUT2D eigenvalue weighted by Crippen LogP contribution is 2.52. The molecule has 0 saturated carbocycles. The summed E-state index contributed by atoms with van der Waals surface area (Å²) in [6.45, 7) is 1.02. The van der Waals surface area contributed by atoms with Crippen LogP contribution in [0.3, 0.4) is 0 Å². The van der Waals surface area contributed by atoms with Gasteiger partial charge in [0.2, 0.25) is 0 Å². The Morgan fingerprint density at radius 3 is 1.95 bits per heavy atom. The normalized spacial score (nSPS) is 15.8. The average molecular weight is 330 g/mol. The molecule has 0 radical (unpaired) electrons. The predicted octanol–water partition coefficient (Wildman–Crippen LogP) is 5.21. The summed E-state index contributed by atoms with van der Waals surface area (Å²) in [5.41, 5.74) is -0.131. The van der Waals surface area contributed by atoms with Crippen LogP contribution in [0.25, 0.3) is 0 Å². The van der Waals surface area contributed by atoms with Crippen LogP contribution in [0.5, 0.6) is 5.75 Å². The molecule has 118 valence electrons. The zero-order valence-corrected chi connectivity index (χ0v) is 12.6. The second-order valence-corrected chi connectivity index (χ2v) is 6.55.